The third kappa shape index (κ3) is 4.46. The highest BCUT2D eigenvalue weighted by Gasteiger charge is 2.38. The Bertz CT molecular complexity index is 837. The van der Waals surface area contributed by atoms with Gasteiger partial charge in [-0.3, -0.25) is 13.9 Å². The molecule has 0 aliphatic heterocycles. The Morgan fingerprint density at radius 3 is 1.46 bits per heavy atom. The van der Waals surface area contributed by atoms with Gasteiger partial charge in [-0.1, -0.05) is 66.7 Å². The van der Waals surface area contributed by atoms with Crippen LogP contribution in [0.5, 0.6) is 0 Å². The summed E-state index contributed by atoms with van der Waals surface area (Å²) in [5.74, 6) is 0. The average Bonchev–Trinajstić information content (AvgIpc) is 2.76. The minimum absolute atomic E-state index is 0.283. The van der Waals surface area contributed by atoms with Crippen LogP contribution in [0.3, 0.4) is 0 Å². The fraction of sp³-hybridized carbons (Fsp3) is 0.217. The zero-order chi connectivity index (χ0) is 19.8. The van der Waals surface area contributed by atoms with Crippen LogP contribution >= 0.6 is 7.67 Å². The summed E-state index contributed by atoms with van der Waals surface area (Å²) in [5.41, 5.74) is 2.77. The predicted molar refractivity (Wildman–Crippen MR) is 118 cm³/mol. The molecule has 0 saturated heterocycles. The number of benzene rings is 3. The van der Waals surface area contributed by atoms with Crippen molar-refractivity contribution in [3.8, 4) is 0 Å². The SMILES string of the molecule is CCN(c1ccccc1)P(=O)(OCc1ccccc1)N(CC)c1ccccc1. The minimum atomic E-state index is -3.38. The summed E-state index contributed by atoms with van der Waals surface area (Å²) in [7, 11) is -3.38. The van der Waals surface area contributed by atoms with Gasteiger partial charge in [0, 0.05) is 24.5 Å². The van der Waals surface area contributed by atoms with Crippen LogP contribution in [-0.4, -0.2) is 13.1 Å². The molecule has 3 aromatic rings. The van der Waals surface area contributed by atoms with Crippen molar-refractivity contribution in [2.75, 3.05) is 22.4 Å². The molecule has 3 rings (SSSR count). The Kier molecular flexibility index (Phi) is 6.91. The summed E-state index contributed by atoms with van der Waals surface area (Å²) >= 11 is 0. The van der Waals surface area contributed by atoms with E-state index in [1.54, 1.807) is 0 Å². The van der Waals surface area contributed by atoms with E-state index in [0.29, 0.717) is 13.1 Å². The topological polar surface area (TPSA) is 32.8 Å². The van der Waals surface area contributed by atoms with E-state index in [2.05, 4.69) is 0 Å². The van der Waals surface area contributed by atoms with Gasteiger partial charge in [0.25, 0.3) is 0 Å². The summed E-state index contributed by atoms with van der Waals surface area (Å²) in [6.07, 6.45) is 0. The molecular weight excluding hydrogens is 367 g/mol. The maximum absolute atomic E-state index is 14.5. The Morgan fingerprint density at radius 2 is 1.07 bits per heavy atom. The molecule has 0 unspecified atom stereocenters. The van der Waals surface area contributed by atoms with Gasteiger partial charge in [0.2, 0.25) is 0 Å². The molecule has 0 heterocycles. The molecule has 28 heavy (non-hydrogen) atoms. The van der Waals surface area contributed by atoms with E-state index < -0.39 is 7.67 Å². The normalized spacial score (nSPS) is 11.2. The zero-order valence-corrected chi connectivity index (χ0v) is 17.3. The summed E-state index contributed by atoms with van der Waals surface area (Å²) in [5, 5.41) is 0. The fourth-order valence-electron chi connectivity index (χ4n) is 3.22. The molecule has 0 N–H and O–H groups in total. The molecule has 0 atom stereocenters. The zero-order valence-electron chi connectivity index (χ0n) is 16.4. The van der Waals surface area contributed by atoms with Crippen LogP contribution in [0.4, 0.5) is 11.4 Å². The molecule has 0 amide bonds. The molecule has 146 valence electrons. The van der Waals surface area contributed by atoms with Gasteiger partial charge in [-0.15, -0.1) is 0 Å². The highest BCUT2D eigenvalue weighted by Crippen LogP contribution is 2.58. The van der Waals surface area contributed by atoms with Crippen LogP contribution in [0, 0.1) is 0 Å². The third-order valence-corrected chi connectivity index (χ3v) is 7.27. The lowest BCUT2D eigenvalue weighted by molar-refractivity contribution is 0.298. The number of anilines is 2. The number of rotatable bonds is 9. The Morgan fingerprint density at radius 1 is 0.679 bits per heavy atom. The standard InChI is InChI=1S/C23H27N2O2P/c1-3-24(22-16-10-6-11-17-22)28(26,27-20-21-14-8-5-9-15-21)25(4-2)23-18-12-7-13-19-23/h5-19H,3-4,20H2,1-2H3. The summed E-state index contributed by atoms with van der Waals surface area (Å²) < 4.78 is 24.5. The summed E-state index contributed by atoms with van der Waals surface area (Å²) in [4.78, 5) is 0. The van der Waals surface area contributed by atoms with E-state index >= 15 is 0 Å². The molecule has 0 aliphatic rings. The van der Waals surface area contributed by atoms with Crippen molar-refractivity contribution in [2.24, 2.45) is 0 Å². The number of para-hydroxylation sites is 2. The van der Waals surface area contributed by atoms with Crippen LogP contribution in [0.15, 0.2) is 91.0 Å². The number of hydrogen-bond acceptors (Lipinski definition) is 2. The number of hydrogen-bond donors (Lipinski definition) is 0. The Hall–Kier alpha value is -2.55. The van der Waals surface area contributed by atoms with E-state index in [-0.39, 0.29) is 6.61 Å². The second kappa shape index (κ2) is 9.59. The number of nitrogens with zero attached hydrogens (tertiary/aromatic N) is 2. The Balaban J connectivity index is 2.02. The first kappa shape index (κ1) is 20.2. The van der Waals surface area contributed by atoms with Gasteiger partial charge in [-0.25, -0.2) is 4.57 Å². The van der Waals surface area contributed by atoms with Crippen LogP contribution in [0.2, 0.25) is 0 Å². The van der Waals surface area contributed by atoms with E-state index in [4.69, 9.17) is 4.52 Å². The van der Waals surface area contributed by atoms with Crippen LogP contribution in [-0.2, 0) is 15.7 Å². The maximum Gasteiger partial charge on any atom is 0.397 e. The van der Waals surface area contributed by atoms with Crippen LogP contribution in [0.1, 0.15) is 19.4 Å². The molecule has 0 fully saturated rings. The highest BCUT2D eigenvalue weighted by atomic mass is 31.2. The van der Waals surface area contributed by atoms with E-state index in [1.807, 2.05) is 114 Å². The van der Waals surface area contributed by atoms with E-state index in [0.717, 1.165) is 16.9 Å². The van der Waals surface area contributed by atoms with Crippen molar-refractivity contribution < 1.29 is 9.09 Å². The quantitative estimate of drug-likeness (QED) is 0.395. The minimum Gasteiger partial charge on any atom is -0.293 e. The Labute approximate surface area is 167 Å². The molecule has 0 spiro atoms. The van der Waals surface area contributed by atoms with Crippen molar-refractivity contribution in [2.45, 2.75) is 20.5 Å². The lowest BCUT2D eigenvalue weighted by Gasteiger charge is -2.39. The van der Waals surface area contributed by atoms with Crippen molar-refractivity contribution >= 4 is 19.0 Å². The van der Waals surface area contributed by atoms with E-state index in [1.165, 1.54) is 0 Å². The van der Waals surface area contributed by atoms with Gasteiger partial charge >= 0.3 is 7.67 Å². The molecule has 5 heteroatoms. The fourth-order valence-corrected chi connectivity index (χ4v) is 5.64. The maximum atomic E-state index is 14.5. The lowest BCUT2D eigenvalue weighted by atomic mass is 10.2. The first-order valence-electron chi connectivity index (χ1n) is 9.63. The highest BCUT2D eigenvalue weighted by molar-refractivity contribution is 7.62. The van der Waals surface area contributed by atoms with Gasteiger partial charge < -0.3 is 0 Å². The third-order valence-electron chi connectivity index (χ3n) is 4.56. The molecule has 3 aromatic carbocycles. The molecule has 0 bridgehead atoms. The summed E-state index contributed by atoms with van der Waals surface area (Å²) in [6.45, 7) is 5.43. The van der Waals surface area contributed by atoms with Crippen molar-refractivity contribution in [3.05, 3.63) is 96.6 Å². The largest absolute Gasteiger partial charge is 0.397 e. The first-order chi connectivity index (χ1) is 13.7. The molecule has 0 radical (unpaired) electrons. The second-order valence-corrected chi connectivity index (χ2v) is 8.56. The van der Waals surface area contributed by atoms with Crippen molar-refractivity contribution in [1.82, 2.24) is 0 Å². The monoisotopic (exact) mass is 394 g/mol. The van der Waals surface area contributed by atoms with Crippen molar-refractivity contribution in [3.63, 3.8) is 0 Å². The average molecular weight is 394 g/mol. The molecule has 4 nitrogen and oxygen atoms in total. The van der Waals surface area contributed by atoms with E-state index in [9.17, 15) is 4.57 Å². The summed E-state index contributed by atoms with van der Waals surface area (Å²) in [6, 6.07) is 29.5. The molecule has 0 aromatic heterocycles. The molecule has 0 saturated carbocycles. The lowest BCUT2D eigenvalue weighted by Crippen LogP contribution is -2.33. The van der Waals surface area contributed by atoms with Gasteiger partial charge in [-0.05, 0) is 43.7 Å². The van der Waals surface area contributed by atoms with Crippen LogP contribution < -0.4 is 9.34 Å². The van der Waals surface area contributed by atoms with Gasteiger partial charge in [-0.2, -0.15) is 0 Å². The van der Waals surface area contributed by atoms with Gasteiger partial charge in [0.1, 0.15) is 0 Å². The molecule has 0 aliphatic carbocycles. The second-order valence-electron chi connectivity index (χ2n) is 6.35. The van der Waals surface area contributed by atoms with Gasteiger partial charge in [0.15, 0.2) is 0 Å². The first-order valence-corrected chi connectivity index (χ1v) is 11.2. The predicted octanol–water partition coefficient (Wildman–Crippen LogP) is 6.36. The van der Waals surface area contributed by atoms with Crippen molar-refractivity contribution in [1.29, 1.82) is 0 Å². The van der Waals surface area contributed by atoms with Crippen LogP contribution in [0.25, 0.3) is 0 Å². The molecular formula is C23H27N2O2P. The smallest absolute Gasteiger partial charge is 0.293 e. The van der Waals surface area contributed by atoms with Gasteiger partial charge in [0.05, 0.1) is 6.61 Å².